The summed E-state index contributed by atoms with van der Waals surface area (Å²) in [7, 11) is 0. The number of nitro groups is 1. The van der Waals surface area contributed by atoms with Crippen molar-refractivity contribution in [2.75, 3.05) is 6.61 Å². The van der Waals surface area contributed by atoms with Crippen LogP contribution in [-0.2, 0) is 11.3 Å². The summed E-state index contributed by atoms with van der Waals surface area (Å²) in [4.78, 5) is 35.6. The van der Waals surface area contributed by atoms with E-state index >= 15 is 0 Å². The molecule has 8 nitrogen and oxygen atoms in total. The van der Waals surface area contributed by atoms with Crippen LogP contribution >= 0.6 is 0 Å². The Hall–Kier alpha value is -3.42. The van der Waals surface area contributed by atoms with Crippen molar-refractivity contribution < 1.29 is 24.4 Å². The normalized spacial score (nSPS) is 13.0. The van der Waals surface area contributed by atoms with E-state index in [9.17, 15) is 19.7 Å². The van der Waals surface area contributed by atoms with Gasteiger partial charge in [0.1, 0.15) is 5.75 Å². The number of hydrogen-bond acceptors (Lipinski definition) is 5. The van der Waals surface area contributed by atoms with Gasteiger partial charge in [-0.25, -0.2) is 4.79 Å². The lowest BCUT2D eigenvalue weighted by molar-refractivity contribution is -0.384. The molecule has 1 N–H and O–H groups in total. The fraction of sp³-hybridized carbons (Fsp3) is 0.263. The molecule has 0 heterocycles. The second kappa shape index (κ2) is 7.86. The molecule has 1 fully saturated rings. The van der Waals surface area contributed by atoms with Crippen molar-refractivity contribution in [2.24, 2.45) is 0 Å². The van der Waals surface area contributed by atoms with Crippen molar-refractivity contribution >= 4 is 17.6 Å². The number of non-ortho nitro benzene ring substituents is 1. The summed E-state index contributed by atoms with van der Waals surface area (Å²) in [5.74, 6) is -0.963. The minimum atomic E-state index is -1.09. The summed E-state index contributed by atoms with van der Waals surface area (Å²) in [6, 6.07) is 12.7. The Kier molecular flexibility index (Phi) is 5.35. The highest BCUT2D eigenvalue weighted by molar-refractivity contribution is 5.95. The summed E-state index contributed by atoms with van der Waals surface area (Å²) >= 11 is 0. The minimum absolute atomic E-state index is 0.00586. The van der Waals surface area contributed by atoms with E-state index in [4.69, 9.17) is 9.84 Å². The third-order valence-corrected chi connectivity index (χ3v) is 4.19. The van der Waals surface area contributed by atoms with Crippen LogP contribution in [-0.4, -0.2) is 39.5 Å². The minimum Gasteiger partial charge on any atom is -0.482 e. The highest BCUT2D eigenvalue weighted by Gasteiger charge is 2.33. The summed E-state index contributed by atoms with van der Waals surface area (Å²) in [5, 5.41) is 19.5. The number of nitro benzene ring substituents is 1. The van der Waals surface area contributed by atoms with Crippen molar-refractivity contribution in [1.82, 2.24) is 4.90 Å². The number of amides is 1. The van der Waals surface area contributed by atoms with Crippen LogP contribution in [0.2, 0.25) is 0 Å². The molecule has 8 heteroatoms. The van der Waals surface area contributed by atoms with E-state index in [1.807, 2.05) is 0 Å². The summed E-state index contributed by atoms with van der Waals surface area (Å²) in [6.45, 7) is -0.130. The van der Waals surface area contributed by atoms with Crippen molar-refractivity contribution in [1.29, 1.82) is 0 Å². The van der Waals surface area contributed by atoms with E-state index in [0.717, 1.165) is 18.4 Å². The molecule has 0 atom stereocenters. The van der Waals surface area contributed by atoms with Gasteiger partial charge in [0, 0.05) is 30.3 Å². The first-order valence-corrected chi connectivity index (χ1v) is 8.43. The Morgan fingerprint density at radius 1 is 1.19 bits per heavy atom. The molecule has 1 aliphatic carbocycles. The molecule has 0 bridgehead atoms. The molecule has 1 amide bonds. The van der Waals surface area contributed by atoms with E-state index < -0.39 is 17.5 Å². The number of benzene rings is 2. The molecular weight excluding hydrogens is 352 g/mol. The lowest BCUT2D eigenvalue weighted by atomic mass is 10.1. The molecule has 2 aromatic carbocycles. The summed E-state index contributed by atoms with van der Waals surface area (Å²) in [5.41, 5.74) is 1.22. The maximum atomic E-state index is 12.9. The Labute approximate surface area is 155 Å². The Morgan fingerprint density at radius 3 is 2.48 bits per heavy atom. The second-order valence-corrected chi connectivity index (χ2v) is 6.30. The number of rotatable bonds is 8. The predicted octanol–water partition coefficient (Wildman–Crippen LogP) is 2.86. The van der Waals surface area contributed by atoms with Crippen molar-refractivity contribution in [3.8, 4) is 5.75 Å². The van der Waals surface area contributed by atoms with Crippen LogP contribution in [0.4, 0.5) is 5.69 Å². The molecule has 0 aliphatic heterocycles. The van der Waals surface area contributed by atoms with Gasteiger partial charge < -0.3 is 14.7 Å². The molecule has 0 saturated heterocycles. The smallest absolute Gasteiger partial charge is 0.341 e. The highest BCUT2D eigenvalue weighted by Crippen LogP contribution is 2.30. The quantitative estimate of drug-likeness (QED) is 0.565. The van der Waals surface area contributed by atoms with Gasteiger partial charge in [0.25, 0.3) is 11.6 Å². The molecule has 27 heavy (non-hydrogen) atoms. The number of ether oxygens (including phenoxy) is 1. The number of carboxylic acid groups (broad SMARTS) is 1. The average Bonchev–Trinajstić information content (AvgIpc) is 3.49. The molecule has 0 aromatic heterocycles. The highest BCUT2D eigenvalue weighted by atomic mass is 16.6. The lowest BCUT2D eigenvalue weighted by Gasteiger charge is -2.23. The molecule has 0 spiro atoms. The molecule has 140 valence electrons. The molecular formula is C19H18N2O6. The van der Waals surface area contributed by atoms with E-state index in [0.29, 0.717) is 17.9 Å². The number of hydrogen-bond donors (Lipinski definition) is 1. The lowest BCUT2D eigenvalue weighted by Crippen LogP contribution is -2.32. The Morgan fingerprint density at radius 2 is 1.89 bits per heavy atom. The van der Waals surface area contributed by atoms with Gasteiger partial charge in [0.05, 0.1) is 4.92 Å². The number of nitrogens with zero attached hydrogens (tertiary/aromatic N) is 2. The average molecular weight is 370 g/mol. The molecule has 2 aromatic rings. The van der Waals surface area contributed by atoms with Gasteiger partial charge in [-0.2, -0.15) is 0 Å². The van der Waals surface area contributed by atoms with Gasteiger partial charge in [-0.3, -0.25) is 14.9 Å². The van der Waals surface area contributed by atoms with E-state index in [2.05, 4.69) is 0 Å². The van der Waals surface area contributed by atoms with Gasteiger partial charge in [-0.1, -0.05) is 18.2 Å². The SMILES string of the molecule is O=C(O)COc1cccc(C(=O)N(Cc2ccc([N+](=O)[O-])cc2)C2CC2)c1. The number of carbonyl (C=O) groups excluding carboxylic acids is 1. The van der Waals surface area contributed by atoms with Crippen LogP contribution in [0, 0.1) is 10.1 Å². The molecule has 0 unspecified atom stereocenters. The number of carboxylic acids is 1. The molecule has 0 radical (unpaired) electrons. The first-order chi connectivity index (χ1) is 12.9. The maximum absolute atomic E-state index is 12.9. The predicted molar refractivity (Wildman–Crippen MR) is 95.6 cm³/mol. The third-order valence-electron chi connectivity index (χ3n) is 4.19. The van der Waals surface area contributed by atoms with Gasteiger partial charge in [-0.05, 0) is 36.6 Å². The van der Waals surface area contributed by atoms with Gasteiger partial charge >= 0.3 is 5.97 Å². The number of carbonyl (C=O) groups is 2. The van der Waals surface area contributed by atoms with Gasteiger partial charge in [0.2, 0.25) is 0 Å². The first kappa shape index (κ1) is 18.4. The van der Waals surface area contributed by atoms with Crippen molar-refractivity contribution in [3.63, 3.8) is 0 Å². The number of aliphatic carboxylic acids is 1. The van der Waals surface area contributed by atoms with Crippen LogP contribution in [0.25, 0.3) is 0 Å². The summed E-state index contributed by atoms with van der Waals surface area (Å²) < 4.78 is 5.13. The first-order valence-electron chi connectivity index (χ1n) is 8.43. The van der Waals surface area contributed by atoms with Gasteiger partial charge in [0.15, 0.2) is 6.61 Å². The topological polar surface area (TPSA) is 110 Å². The fourth-order valence-corrected chi connectivity index (χ4v) is 2.70. The largest absolute Gasteiger partial charge is 0.482 e. The summed E-state index contributed by atoms with van der Waals surface area (Å²) in [6.07, 6.45) is 1.82. The van der Waals surface area contributed by atoms with Crippen LogP contribution in [0.5, 0.6) is 5.75 Å². The fourth-order valence-electron chi connectivity index (χ4n) is 2.70. The molecule has 1 saturated carbocycles. The monoisotopic (exact) mass is 370 g/mol. The zero-order chi connectivity index (χ0) is 19.4. The standard InChI is InChI=1S/C19H18N2O6/c22-18(23)12-27-17-3-1-2-14(10-17)19(24)20(15-8-9-15)11-13-4-6-16(7-5-13)21(25)26/h1-7,10,15H,8-9,11-12H2,(H,22,23). The maximum Gasteiger partial charge on any atom is 0.341 e. The van der Waals surface area contributed by atoms with Crippen LogP contribution in [0.15, 0.2) is 48.5 Å². The Bertz CT molecular complexity index is 861. The van der Waals surface area contributed by atoms with E-state index in [1.165, 1.54) is 18.2 Å². The van der Waals surface area contributed by atoms with Crippen LogP contribution < -0.4 is 4.74 Å². The zero-order valence-electron chi connectivity index (χ0n) is 14.4. The van der Waals surface area contributed by atoms with Crippen molar-refractivity contribution in [3.05, 3.63) is 69.8 Å². The van der Waals surface area contributed by atoms with Crippen molar-refractivity contribution in [2.45, 2.75) is 25.4 Å². The van der Waals surface area contributed by atoms with Crippen LogP contribution in [0.3, 0.4) is 0 Å². The Balaban J connectivity index is 1.75. The van der Waals surface area contributed by atoms with Crippen LogP contribution in [0.1, 0.15) is 28.8 Å². The zero-order valence-corrected chi connectivity index (χ0v) is 14.4. The third kappa shape index (κ3) is 4.81. The van der Waals surface area contributed by atoms with Gasteiger partial charge in [-0.15, -0.1) is 0 Å². The molecule has 3 rings (SSSR count). The molecule has 1 aliphatic rings. The second-order valence-electron chi connectivity index (χ2n) is 6.30. The van der Waals surface area contributed by atoms with E-state index in [1.54, 1.807) is 35.2 Å². The van der Waals surface area contributed by atoms with E-state index in [-0.39, 0.29) is 17.6 Å².